The van der Waals surface area contributed by atoms with Gasteiger partial charge < -0.3 is 69.3 Å². The maximum Gasteiger partial charge on any atom is 0.316 e. The molecule has 2 fully saturated rings. The Hall–Kier alpha value is -4.50. The minimum atomic E-state index is -1.94. The SMILES string of the molecule is CCC1(O)CC(OC2CC(N(C)C)C(OC3CC(O)C(OC4OC(C)C(=O)C=C4N)C(C)O3)C(C)O2)c2c(O)c3c(c(O)c2C1C(=O)OC)C(=O)c1cccc(O)c1C3=O. The van der Waals surface area contributed by atoms with Crippen LogP contribution in [0.15, 0.2) is 30.0 Å². The number of phenolic OH excluding ortho intramolecular Hbond substituents is 3. The van der Waals surface area contributed by atoms with Crippen LogP contribution in [-0.2, 0) is 42.7 Å². The van der Waals surface area contributed by atoms with E-state index >= 15 is 0 Å². The smallest absolute Gasteiger partial charge is 0.316 e. The van der Waals surface area contributed by atoms with Crippen LogP contribution >= 0.6 is 0 Å². The molecule has 2 aromatic carbocycles. The van der Waals surface area contributed by atoms with Gasteiger partial charge >= 0.3 is 5.97 Å². The summed E-state index contributed by atoms with van der Waals surface area (Å²) in [4.78, 5) is 55.2. The maximum absolute atomic E-state index is 14.0. The van der Waals surface area contributed by atoms with Crippen molar-refractivity contribution in [2.24, 2.45) is 5.73 Å². The van der Waals surface area contributed by atoms with Gasteiger partial charge in [-0.25, -0.2) is 0 Å². The van der Waals surface area contributed by atoms with E-state index in [4.69, 9.17) is 38.9 Å². The van der Waals surface area contributed by atoms with Gasteiger partial charge in [0.25, 0.3) is 0 Å². The van der Waals surface area contributed by atoms with Gasteiger partial charge in [0, 0.05) is 48.1 Å². The normalized spacial score (nSPS) is 35.4. The van der Waals surface area contributed by atoms with Crippen molar-refractivity contribution in [2.45, 2.75) is 133 Å². The number of phenols is 3. The first kappa shape index (κ1) is 43.6. The number of aliphatic hydroxyl groups excluding tert-OH is 1. The lowest BCUT2D eigenvalue weighted by atomic mass is 9.66. The Morgan fingerprint density at radius 1 is 0.883 bits per heavy atom. The zero-order valence-electron chi connectivity index (χ0n) is 34.3. The fourth-order valence-corrected chi connectivity index (χ4v) is 9.19. The molecule has 0 amide bonds. The Morgan fingerprint density at radius 3 is 2.15 bits per heavy atom. The number of nitrogens with zero attached hydrogens (tertiary/aromatic N) is 1. The van der Waals surface area contributed by atoms with Crippen molar-refractivity contribution in [1.82, 2.24) is 4.90 Å². The number of carbonyl (C=O) groups is 4. The number of ether oxygens (including phenoxy) is 7. The quantitative estimate of drug-likeness (QED) is 0.133. The molecular weight excluding hydrogens is 788 g/mol. The van der Waals surface area contributed by atoms with Crippen molar-refractivity contribution in [3.63, 3.8) is 0 Å². The van der Waals surface area contributed by atoms with Crippen LogP contribution in [0.3, 0.4) is 0 Å². The van der Waals surface area contributed by atoms with E-state index in [0.29, 0.717) is 0 Å². The number of methoxy groups -OCH3 is 1. The molecule has 0 bridgehead atoms. The lowest BCUT2D eigenvalue weighted by molar-refractivity contribution is -0.321. The topological polar surface area (TPSA) is 263 Å². The van der Waals surface area contributed by atoms with Crippen molar-refractivity contribution in [3.8, 4) is 17.2 Å². The molecule has 18 nitrogen and oxygen atoms in total. The van der Waals surface area contributed by atoms with E-state index in [1.54, 1.807) is 27.7 Å². The van der Waals surface area contributed by atoms with Gasteiger partial charge in [-0.1, -0.05) is 19.1 Å². The molecule has 7 N–H and O–H groups in total. The lowest BCUT2D eigenvalue weighted by Crippen LogP contribution is -2.58. The standard InChI is InChI=1S/C42H52N2O16/c1-8-42(53)15-25(29-30(33(42)40(52)54-7)37(51)31-32(36(29)50)35(49)28-19(34(31)48)10-9-11-22(28)45)58-26-13-21(44(5)6)38(17(3)55-26)59-27-14-24(47)39(18(4)56-27)60-41-20(43)12-23(46)16(2)57-41/h9-12,16-18,21,24-27,33,38-39,41,45,47,50-51,53H,8,13-15,43H2,1-7H3. The van der Waals surface area contributed by atoms with Crippen LogP contribution in [0.2, 0.25) is 0 Å². The second-order valence-electron chi connectivity index (χ2n) is 16.3. The highest BCUT2D eigenvalue weighted by atomic mass is 16.7. The number of hydrogen-bond acceptors (Lipinski definition) is 18. The first-order valence-electron chi connectivity index (χ1n) is 19.9. The highest BCUT2D eigenvalue weighted by molar-refractivity contribution is 6.31. The third kappa shape index (κ3) is 7.36. The molecule has 3 heterocycles. The number of benzene rings is 2. The van der Waals surface area contributed by atoms with E-state index in [1.165, 1.54) is 24.3 Å². The van der Waals surface area contributed by atoms with Crippen LogP contribution in [-0.4, -0.2) is 142 Å². The number of hydrogen-bond donors (Lipinski definition) is 6. The van der Waals surface area contributed by atoms with Crippen LogP contribution in [0.25, 0.3) is 0 Å². The molecule has 326 valence electrons. The second kappa shape index (κ2) is 16.4. The molecule has 13 unspecified atom stereocenters. The van der Waals surface area contributed by atoms with Crippen LogP contribution in [0, 0.1) is 0 Å². The zero-order valence-corrected chi connectivity index (χ0v) is 34.3. The monoisotopic (exact) mass is 840 g/mol. The number of rotatable bonds is 9. The first-order valence-corrected chi connectivity index (χ1v) is 19.9. The van der Waals surface area contributed by atoms with Crippen molar-refractivity contribution in [3.05, 3.63) is 63.4 Å². The summed E-state index contributed by atoms with van der Waals surface area (Å²) in [7, 11) is 4.75. The fraction of sp³-hybridized carbons (Fsp3) is 0.571. The minimum absolute atomic E-state index is 0.00944. The van der Waals surface area contributed by atoms with Crippen molar-refractivity contribution in [1.29, 1.82) is 0 Å². The van der Waals surface area contributed by atoms with E-state index in [2.05, 4.69) is 0 Å². The van der Waals surface area contributed by atoms with Gasteiger partial charge in [-0.05, 0) is 47.4 Å². The summed E-state index contributed by atoms with van der Waals surface area (Å²) < 4.78 is 42.2. The average molecular weight is 841 g/mol. The van der Waals surface area contributed by atoms with Crippen LogP contribution < -0.4 is 5.73 Å². The molecule has 0 aromatic heterocycles. The predicted octanol–water partition coefficient (Wildman–Crippen LogP) is 1.93. The third-order valence-electron chi connectivity index (χ3n) is 12.4. The number of ketones is 3. The Labute approximate surface area is 345 Å². The second-order valence-corrected chi connectivity index (χ2v) is 16.3. The Morgan fingerprint density at radius 2 is 1.52 bits per heavy atom. The summed E-state index contributed by atoms with van der Waals surface area (Å²) in [5, 5.41) is 57.9. The van der Waals surface area contributed by atoms with Crippen LogP contribution in [0.5, 0.6) is 17.2 Å². The molecule has 0 saturated carbocycles. The van der Waals surface area contributed by atoms with Crippen molar-refractivity contribution >= 4 is 23.3 Å². The van der Waals surface area contributed by atoms with Gasteiger partial charge in [0.05, 0.1) is 59.5 Å². The first-order chi connectivity index (χ1) is 28.3. The number of aromatic hydroxyl groups is 3. The third-order valence-corrected chi connectivity index (χ3v) is 12.4. The fourth-order valence-electron chi connectivity index (χ4n) is 9.19. The summed E-state index contributed by atoms with van der Waals surface area (Å²) in [6.45, 7) is 6.64. The maximum atomic E-state index is 14.0. The van der Waals surface area contributed by atoms with Gasteiger partial charge in [0.1, 0.15) is 41.5 Å². The highest BCUT2D eigenvalue weighted by Gasteiger charge is 2.55. The molecule has 18 heteroatoms. The van der Waals surface area contributed by atoms with Gasteiger partial charge in [0.15, 0.2) is 30.4 Å². The van der Waals surface area contributed by atoms with E-state index in [0.717, 1.165) is 7.11 Å². The van der Waals surface area contributed by atoms with Gasteiger partial charge in [-0.2, -0.15) is 0 Å². The largest absolute Gasteiger partial charge is 0.507 e. The number of carbonyl (C=O) groups excluding carboxylic acids is 4. The highest BCUT2D eigenvalue weighted by Crippen LogP contribution is 2.57. The Bertz CT molecular complexity index is 2090. The zero-order chi connectivity index (χ0) is 43.7. The molecule has 2 aromatic rings. The number of fused-ring (bicyclic) bond motifs is 3. The van der Waals surface area contributed by atoms with Crippen LogP contribution in [0.1, 0.15) is 108 Å². The summed E-state index contributed by atoms with van der Waals surface area (Å²) in [5.74, 6) is -6.79. The number of nitrogens with two attached hydrogens (primary N) is 1. The van der Waals surface area contributed by atoms with Gasteiger partial charge in [-0.3, -0.25) is 19.2 Å². The molecule has 13 atom stereocenters. The minimum Gasteiger partial charge on any atom is -0.507 e. The van der Waals surface area contributed by atoms with Crippen molar-refractivity contribution < 1.29 is 77.9 Å². The molecule has 2 aliphatic carbocycles. The van der Waals surface area contributed by atoms with E-state index in [9.17, 15) is 44.7 Å². The van der Waals surface area contributed by atoms with E-state index in [1.807, 2.05) is 19.0 Å². The van der Waals surface area contributed by atoms with E-state index in [-0.39, 0.29) is 59.4 Å². The molecule has 0 spiro atoms. The van der Waals surface area contributed by atoms with Crippen molar-refractivity contribution in [2.75, 3.05) is 21.2 Å². The molecule has 7 rings (SSSR count). The van der Waals surface area contributed by atoms with Crippen LogP contribution in [0.4, 0.5) is 0 Å². The average Bonchev–Trinajstić information content (AvgIpc) is 3.18. The Kier molecular flexibility index (Phi) is 11.9. The lowest BCUT2D eigenvalue weighted by Gasteiger charge is -2.48. The molecule has 60 heavy (non-hydrogen) atoms. The van der Waals surface area contributed by atoms with Gasteiger partial charge in [0.2, 0.25) is 5.78 Å². The molecule has 5 aliphatic rings. The Balaban J connectivity index is 1.16. The number of likely N-dealkylation sites (N-methyl/N-ethyl adjacent to an activating group) is 1. The van der Waals surface area contributed by atoms with Gasteiger partial charge in [-0.15, -0.1) is 0 Å². The summed E-state index contributed by atoms with van der Waals surface area (Å²) in [5.41, 5.74) is 1.81. The summed E-state index contributed by atoms with van der Waals surface area (Å²) in [6, 6.07) is 3.45. The van der Waals surface area contributed by atoms with E-state index < -0.39 is 125 Å². The number of esters is 1. The molecular formula is C42H52N2O16. The molecule has 2 saturated heterocycles. The molecule has 0 radical (unpaired) electrons. The summed E-state index contributed by atoms with van der Waals surface area (Å²) >= 11 is 0. The number of aliphatic hydroxyl groups is 2. The summed E-state index contributed by atoms with van der Waals surface area (Å²) in [6.07, 6.45) is -8.04. The molecule has 3 aliphatic heterocycles. The predicted molar refractivity (Wildman–Crippen MR) is 206 cm³/mol.